The van der Waals surface area contributed by atoms with Gasteiger partial charge < -0.3 is 16.0 Å². The number of thioether (sulfide) groups is 1. The fourth-order valence-electron chi connectivity index (χ4n) is 2.96. The highest BCUT2D eigenvalue weighted by Crippen LogP contribution is 2.29. The van der Waals surface area contributed by atoms with E-state index in [9.17, 15) is 9.59 Å². The first-order valence-corrected chi connectivity index (χ1v) is 10.8. The van der Waals surface area contributed by atoms with Gasteiger partial charge in [0.1, 0.15) is 6.04 Å². The number of halogens is 1. The van der Waals surface area contributed by atoms with Crippen molar-refractivity contribution in [2.45, 2.75) is 46.8 Å². The first-order valence-electron chi connectivity index (χ1n) is 9.28. The molecule has 2 amide bonds. The highest BCUT2D eigenvalue weighted by atomic mass is 35.5. The number of carbonyl (C=O) groups is 2. The zero-order chi connectivity index (χ0) is 20.2. The van der Waals surface area contributed by atoms with Gasteiger partial charge in [0.15, 0.2) is 0 Å². The third-order valence-electron chi connectivity index (χ3n) is 5.22. The Labute approximate surface area is 171 Å². The number of rotatable bonds is 5. The number of nitrogens with one attached hydrogen (secondary N) is 1. The molecule has 27 heavy (non-hydrogen) atoms. The molecule has 1 aliphatic heterocycles. The predicted octanol–water partition coefficient (Wildman–Crippen LogP) is 3.04. The molecule has 1 heterocycles. The summed E-state index contributed by atoms with van der Waals surface area (Å²) < 4.78 is 0. The number of nitrogens with zero attached hydrogens (tertiary/aromatic N) is 1. The number of hydrogen-bond acceptors (Lipinski definition) is 4. The molecular weight excluding hydrogens is 382 g/mol. The first kappa shape index (κ1) is 22.1. The molecule has 1 saturated heterocycles. The molecule has 0 radical (unpaired) electrons. The summed E-state index contributed by atoms with van der Waals surface area (Å²) in [5, 5.41) is 3.58. The third kappa shape index (κ3) is 5.62. The van der Waals surface area contributed by atoms with Crippen LogP contribution in [0, 0.1) is 11.3 Å². The molecule has 1 fully saturated rings. The van der Waals surface area contributed by atoms with Crippen molar-refractivity contribution in [1.29, 1.82) is 0 Å². The van der Waals surface area contributed by atoms with E-state index in [0.29, 0.717) is 30.4 Å². The molecular formula is C20H30ClN3O2S. The number of nitrogens with two attached hydrogens (primary N) is 1. The lowest BCUT2D eigenvalue weighted by atomic mass is 9.81. The van der Waals surface area contributed by atoms with Crippen LogP contribution in [0.15, 0.2) is 18.2 Å². The van der Waals surface area contributed by atoms with Gasteiger partial charge in [0.05, 0.1) is 0 Å². The van der Waals surface area contributed by atoms with Crippen LogP contribution in [0.4, 0.5) is 0 Å². The zero-order valence-electron chi connectivity index (χ0n) is 16.5. The molecule has 150 valence electrons. The molecule has 7 heteroatoms. The van der Waals surface area contributed by atoms with Crippen molar-refractivity contribution in [2.24, 2.45) is 17.1 Å². The number of hydrogen-bond donors (Lipinski definition) is 2. The lowest BCUT2D eigenvalue weighted by molar-refractivity contribution is -0.145. The molecule has 3 N–H and O–H groups in total. The molecule has 0 aliphatic carbocycles. The normalized spacial score (nSPS) is 18.9. The van der Waals surface area contributed by atoms with Gasteiger partial charge in [0.2, 0.25) is 11.8 Å². The molecule has 0 saturated carbocycles. The second-order valence-electron chi connectivity index (χ2n) is 8.05. The fraction of sp³-hybridized carbons (Fsp3) is 0.600. The average molecular weight is 412 g/mol. The van der Waals surface area contributed by atoms with E-state index in [1.807, 2.05) is 19.1 Å². The molecule has 0 spiro atoms. The van der Waals surface area contributed by atoms with Crippen molar-refractivity contribution in [1.82, 2.24) is 10.2 Å². The molecule has 2 rings (SSSR count). The quantitative estimate of drug-likeness (QED) is 0.780. The summed E-state index contributed by atoms with van der Waals surface area (Å²) >= 11 is 7.78. The van der Waals surface area contributed by atoms with Crippen LogP contribution in [0.25, 0.3) is 0 Å². The maximum absolute atomic E-state index is 13.0. The Hall–Kier alpha value is -1.24. The topological polar surface area (TPSA) is 75.4 Å². The highest BCUT2D eigenvalue weighted by Gasteiger charge is 2.37. The second-order valence-corrected chi connectivity index (χ2v) is 9.63. The van der Waals surface area contributed by atoms with Gasteiger partial charge in [-0.25, -0.2) is 0 Å². The minimum absolute atomic E-state index is 0.0494. The molecule has 0 unspecified atom stereocenters. The summed E-state index contributed by atoms with van der Waals surface area (Å²) in [5.41, 5.74) is 7.49. The Morgan fingerprint density at radius 3 is 2.70 bits per heavy atom. The van der Waals surface area contributed by atoms with Crippen molar-refractivity contribution in [3.05, 3.63) is 34.3 Å². The fourth-order valence-corrected chi connectivity index (χ4v) is 4.20. The predicted molar refractivity (Wildman–Crippen MR) is 113 cm³/mol. The van der Waals surface area contributed by atoms with Crippen LogP contribution in [0.2, 0.25) is 5.02 Å². The van der Waals surface area contributed by atoms with Crippen molar-refractivity contribution in [3.63, 3.8) is 0 Å². The maximum Gasteiger partial charge on any atom is 0.243 e. The van der Waals surface area contributed by atoms with E-state index < -0.39 is 6.04 Å². The Balaban J connectivity index is 2.09. The van der Waals surface area contributed by atoms with Gasteiger partial charge in [-0.05, 0) is 28.7 Å². The van der Waals surface area contributed by atoms with E-state index in [1.54, 1.807) is 22.7 Å². The zero-order valence-corrected chi connectivity index (χ0v) is 18.1. The SMILES string of the molecule is C[C@@H](C(=O)N1CCSC[C@H]1C(=O)NCc1cc(Cl)ccc1CN)C(C)(C)C. The summed E-state index contributed by atoms with van der Waals surface area (Å²) in [4.78, 5) is 27.6. The molecule has 0 aromatic heterocycles. The van der Waals surface area contributed by atoms with Gasteiger partial charge >= 0.3 is 0 Å². The number of carbonyl (C=O) groups excluding carboxylic acids is 2. The van der Waals surface area contributed by atoms with Gasteiger partial charge in [-0.3, -0.25) is 9.59 Å². The Bertz CT molecular complexity index is 690. The first-order chi connectivity index (χ1) is 12.6. The van der Waals surface area contributed by atoms with E-state index >= 15 is 0 Å². The van der Waals surface area contributed by atoms with Crippen molar-refractivity contribution in [3.8, 4) is 0 Å². The van der Waals surface area contributed by atoms with E-state index in [-0.39, 0.29) is 23.1 Å². The minimum Gasteiger partial charge on any atom is -0.350 e. The van der Waals surface area contributed by atoms with Crippen LogP contribution in [-0.2, 0) is 22.7 Å². The van der Waals surface area contributed by atoms with E-state index in [2.05, 4.69) is 26.1 Å². The van der Waals surface area contributed by atoms with E-state index in [4.69, 9.17) is 17.3 Å². The Morgan fingerprint density at radius 1 is 1.37 bits per heavy atom. The van der Waals surface area contributed by atoms with Crippen LogP contribution in [-0.4, -0.2) is 40.8 Å². The Kier molecular flexibility index (Phi) is 7.60. The lowest BCUT2D eigenvalue weighted by Crippen LogP contribution is -2.56. The maximum atomic E-state index is 13.0. The molecule has 0 bridgehead atoms. The van der Waals surface area contributed by atoms with Crippen LogP contribution in [0.3, 0.4) is 0 Å². The Morgan fingerprint density at radius 2 is 2.07 bits per heavy atom. The average Bonchev–Trinajstić information content (AvgIpc) is 2.64. The van der Waals surface area contributed by atoms with Crippen LogP contribution in [0.5, 0.6) is 0 Å². The van der Waals surface area contributed by atoms with Crippen molar-refractivity contribution < 1.29 is 9.59 Å². The van der Waals surface area contributed by atoms with Crippen LogP contribution < -0.4 is 11.1 Å². The molecule has 2 atom stereocenters. The molecule has 1 aliphatic rings. The molecule has 1 aromatic carbocycles. The van der Waals surface area contributed by atoms with Crippen LogP contribution >= 0.6 is 23.4 Å². The van der Waals surface area contributed by atoms with Crippen LogP contribution in [0.1, 0.15) is 38.8 Å². The smallest absolute Gasteiger partial charge is 0.243 e. The van der Waals surface area contributed by atoms with E-state index in [1.165, 1.54) is 0 Å². The number of amides is 2. The largest absolute Gasteiger partial charge is 0.350 e. The highest BCUT2D eigenvalue weighted by molar-refractivity contribution is 7.99. The summed E-state index contributed by atoms with van der Waals surface area (Å²) in [7, 11) is 0. The van der Waals surface area contributed by atoms with Gasteiger partial charge in [0, 0.05) is 42.1 Å². The number of benzene rings is 1. The second kappa shape index (κ2) is 9.30. The monoisotopic (exact) mass is 411 g/mol. The third-order valence-corrected chi connectivity index (χ3v) is 6.48. The van der Waals surface area contributed by atoms with Gasteiger partial charge in [0.25, 0.3) is 0 Å². The van der Waals surface area contributed by atoms with Crippen molar-refractivity contribution in [2.75, 3.05) is 18.1 Å². The lowest BCUT2D eigenvalue weighted by Gasteiger charge is -2.38. The van der Waals surface area contributed by atoms with E-state index in [0.717, 1.165) is 16.9 Å². The molecule has 1 aromatic rings. The van der Waals surface area contributed by atoms with Gasteiger partial charge in [-0.2, -0.15) is 11.8 Å². The standard InChI is InChI=1S/C20H30ClN3O2S/c1-13(20(2,3)4)19(26)24-7-8-27-12-17(24)18(25)23-11-15-9-16(21)6-5-14(15)10-22/h5-6,9,13,17H,7-8,10-12,22H2,1-4H3,(H,23,25)/t13-,17-/m0/s1. The van der Waals surface area contributed by atoms with Crippen molar-refractivity contribution >= 4 is 35.2 Å². The van der Waals surface area contributed by atoms with Gasteiger partial charge in [-0.15, -0.1) is 0 Å². The summed E-state index contributed by atoms with van der Waals surface area (Å²) in [6, 6.07) is 5.05. The van der Waals surface area contributed by atoms with Gasteiger partial charge in [-0.1, -0.05) is 45.4 Å². The minimum atomic E-state index is -0.443. The molecule has 5 nitrogen and oxygen atoms in total. The summed E-state index contributed by atoms with van der Waals surface area (Å²) in [6.45, 7) is 9.44. The summed E-state index contributed by atoms with van der Waals surface area (Å²) in [5.74, 6) is 1.26. The summed E-state index contributed by atoms with van der Waals surface area (Å²) in [6.07, 6.45) is 0.